The molecule has 0 saturated carbocycles. The van der Waals surface area contributed by atoms with E-state index in [2.05, 4.69) is 15.8 Å². The van der Waals surface area contributed by atoms with Crippen LogP contribution in [-0.4, -0.2) is 22.1 Å². The number of hydrogen-bond donors (Lipinski definition) is 2. The van der Waals surface area contributed by atoms with Crippen LogP contribution >= 0.6 is 23.2 Å². The first kappa shape index (κ1) is 21.6. The van der Waals surface area contributed by atoms with Gasteiger partial charge in [0.05, 0.1) is 0 Å². The monoisotopic (exact) mass is 442 g/mol. The highest BCUT2D eigenvalue weighted by Crippen LogP contribution is 2.22. The Morgan fingerprint density at radius 2 is 1.60 bits per heavy atom. The molecule has 154 valence electrons. The smallest absolute Gasteiger partial charge is 0.271 e. The van der Waals surface area contributed by atoms with Crippen molar-refractivity contribution in [1.29, 1.82) is 0 Å². The molecule has 2 N–H and O–H groups in total. The molecule has 1 aromatic heterocycles. The fraction of sp³-hybridized carbons (Fsp3) is 0.136. The van der Waals surface area contributed by atoms with E-state index in [0.717, 1.165) is 5.69 Å². The van der Waals surface area contributed by atoms with Gasteiger partial charge >= 0.3 is 0 Å². The van der Waals surface area contributed by atoms with Crippen LogP contribution in [0.4, 0.5) is 5.69 Å². The molecule has 0 saturated heterocycles. The van der Waals surface area contributed by atoms with E-state index in [1.807, 2.05) is 41.2 Å². The number of anilines is 1. The Hall–Kier alpha value is -3.09. The van der Waals surface area contributed by atoms with Crippen molar-refractivity contribution < 1.29 is 9.59 Å². The van der Waals surface area contributed by atoms with Gasteiger partial charge in [-0.15, -0.1) is 0 Å². The van der Waals surface area contributed by atoms with Gasteiger partial charge in [0.15, 0.2) is 0 Å². The van der Waals surface area contributed by atoms with Crippen LogP contribution in [0.3, 0.4) is 0 Å². The van der Waals surface area contributed by atoms with E-state index in [1.165, 1.54) is 0 Å². The number of halogens is 2. The Morgan fingerprint density at radius 3 is 2.23 bits per heavy atom. The summed E-state index contributed by atoms with van der Waals surface area (Å²) in [5.41, 5.74) is 5.14. The average Bonchev–Trinajstić information content (AvgIpc) is 3.24. The maximum absolute atomic E-state index is 12.3. The Kier molecular flexibility index (Phi) is 7.27. The summed E-state index contributed by atoms with van der Waals surface area (Å²) >= 11 is 11.8. The summed E-state index contributed by atoms with van der Waals surface area (Å²) in [6.07, 6.45) is 4.47. The first-order valence-electron chi connectivity index (χ1n) is 9.23. The first-order chi connectivity index (χ1) is 14.4. The molecule has 0 radical (unpaired) electrons. The van der Waals surface area contributed by atoms with Crippen molar-refractivity contribution in [3.8, 4) is 5.69 Å². The van der Waals surface area contributed by atoms with Gasteiger partial charge < -0.3 is 9.88 Å². The molecule has 3 rings (SSSR count). The maximum Gasteiger partial charge on any atom is 0.271 e. The molecule has 2 amide bonds. The third-order valence-electron chi connectivity index (χ3n) is 4.24. The van der Waals surface area contributed by atoms with Crippen LogP contribution in [0.15, 0.2) is 72.1 Å². The summed E-state index contributed by atoms with van der Waals surface area (Å²) in [5, 5.41) is 7.69. The van der Waals surface area contributed by atoms with Gasteiger partial charge in [-0.1, -0.05) is 23.2 Å². The minimum Gasteiger partial charge on any atom is -0.326 e. The van der Waals surface area contributed by atoms with Gasteiger partial charge in [0.2, 0.25) is 5.91 Å². The molecule has 0 aliphatic carbocycles. The molecule has 0 bridgehead atoms. The predicted molar refractivity (Wildman–Crippen MR) is 121 cm³/mol. The second-order valence-electron chi connectivity index (χ2n) is 6.63. The molecule has 0 aliphatic rings. The summed E-state index contributed by atoms with van der Waals surface area (Å²) in [4.78, 5) is 24.3. The molecule has 1 heterocycles. The maximum atomic E-state index is 12.3. The zero-order valence-corrected chi connectivity index (χ0v) is 17.7. The Balaban J connectivity index is 1.48. The first-order valence-corrected chi connectivity index (χ1v) is 9.99. The fourth-order valence-corrected chi connectivity index (χ4v) is 3.23. The minimum atomic E-state index is -0.313. The van der Waals surface area contributed by atoms with Crippen LogP contribution in [0.1, 0.15) is 30.1 Å². The fourth-order valence-electron chi connectivity index (χ4n) is 2.70. The molecule has 0 unspecified atom stereocenters. The lowest BCUT2D eigenvalue weighted by molar-refractivity contribution is -0.116. The van der Waals surface area contributed by atoms with Gasteiger partial charge in [-0.25, -0.2) is 5.43 Å². The lowest BCUT2D eigenvalue weighted by Crippen LogP contribution is -2.20. The number of carbonyl (C=O) groups is 2. The molecule has 6 nitrogen and oxygen atoms in total. The summed E-state index contributed by atoms with van der Waals surface area (Å²) < 4.78 is 1.95. The Labute approximate surface area is 184 Å². The quantitative estimate of drug-likeness (QED) is 0.384. The highest BCUT2D eigenvalue weighted by Gasteiger charge is 2.07. The predicted octanol–water partition coefficient (Wildman–Crippen LogP) is 5.31. The second kappa shape index (κ2) is 10.1. The standard InChI is InChI=1S/C22H20Cl2N4O2/c1-15(4-9-21(29)25-19-13-17(23)12-18(24)14-19)26-27-22(30)16-5-7-20(8-6-16)28-10-2-3-11-28/h2-3,5-8,10-14H,4,9H2,1H3,(H,25,29)(H,27,30)/b26-15+. The van der Waals surface area contributed by atoms with Crippen molar-refractivity contribution in [2.45, 2.75) is 19.8 Å². The largest absolute Gasteiger partial charge is 0.326 e. The van der Waals surface area contributed by atoms with Crippen molar-refractivity contribution in [3.63, 3.8) is 0 Å². The van der Waals surface area contributed by atoms with Gasteiger partial charge in [-0.05, 0) is 67.9 Å². The van der Waals surface area contributed by atoms with Crippen LogP contribution in [0, 0.1) is 0 Å². The van der Waals surface area contributed by atoms with E-state index in [1.54, 1.807) is 37.3 Å². The zero-order valence-electron chi connectivity index (χ0n) is 16.2. The lowest BCUT2D eigenvalue weighted by Gasteiger charge is -2.07. The van der Waals surface area contributed by atoms with E-state index < -0.39 is 0 Å². The third kappa shape index (κ3) is 6.20. The van der Waals surface area contributed by atoms with Crippen molar-refractivity contribution >= 4 is 46.4 Å². The molecule has 0 atom stereocenters. The summed E-state index contributed by atoms with van der Waals surface area (Å²) in [6, 6.07) is 15.9. The van der Waals surface area contributed by atoms with Crippen LogP contribution in [0.5, 0.6) is 0 Å². The van der Waals surface area contributed by atoms with Gasteiger partial charge in [-0.3, -0.25) is 9.59 Å². The second-order valence-corrected chi connectivity index (χ2v) is 7.50. The number of carbonyl (C=O) groups excluding carboxylic acids is 2. The molecule has 0 aliphatic heterocycles. The average molecular weight is 443 g/mol. The Bertz CT molecular complexity index is 1040. The molecule has 0 fully saturated rings. The number of hydrogen-bond acceptors (Lipinski definition) is 3. The van der Waals surface area contributed by atoms with Crippen molar-refractivity contribution in [2.75, 3.05) is 5.32 Å². The van der Waals surface area contributed by atoms with E-state index in [-0.39, 0.29) is 18.2 Å². The molecule has 30 heavy (non-hydrogen) atoms. The number of nitrogens with zero attached hydrogens (tertiary/aromatic N) is 2. The zero-order chi connectivity index (χ0) is 21.5. The minimum absolute atomic E-state index is 0.199. The molecule has 3 aromatic rings. The highest BCUT2D eigenvalue weighted by atomic mass is 35.5. The van der Waals surface area contributed by atoms with E-state index in [4.69, 9.17) is 23.2 Å². The van der Waals surface area contributed by atoms with Crippen molar-refractivity contribution in [1.82, 2.24) is 9.99 Å². The lowest BCUT2D eigenvalue weighted by atomic mass is 10.2. The number of nitrogens with one attached hydrogen (secondary N) is 2. The Morgan fingerprint density at radius 1 is 0.967 bits per heavy atom. The van der Waals surface area contributed by atoms with Gasteiger partial charge in [0, 0.05) is 51.5 Å². The highest BCUT2D eigenvalue weighted by molar-refractivity contribution is 6.35. The SMILES string of the molecule is C/C(CCC(=O)Nc1cc(Cl)cc(Cl)c1)=N\NC(=O)c1ccc(-n2cccc2)cc1. The third-order valence-corrected chi connectivity index (χ3v) is 4.68. The number of hydrazone groups is 1. The molecule has 2 aromatic carbocycles. The van der Waals surface area contributed by atoms with Crippen LogP contribution < -0.4 is 10.7 Å². The molecule has 8 heteroatoms. The summed E-state index contributed by atoms with van der Waals surface area (Å²) in [6.45, 7) is 1.75. The normalized spacial score (nSPS) is 11.2. The van der Waals surface area contributed by atoms with Gasteiger partial charge in [0.1, 0.15) is 0 Å². The van der Waals surface area contributed by atoms with Crippen LogP contribution in [0.25, 0.3) is 5.69 Å². The van der Waals surface area contributed by atoms with Crippen LogP contribution in [-0.2, 0) is 4.79 Å². The van der Waals surface area contributed by atoms with Crippen molar-refractivity contribution in [2.24, 2.45) is 5.10 Å². The van der Waals surface area contributed by atoms with Crippen LogP contribution in [0.2, 0.25) is 10.0 Å². The number of benzene rings is 2. The molecule has 0 spiro atoms. The van der Waals surface area contributed by atoms with E-state index >= 15 is 0 Å². The number of amides is 2. The van der Waals surface area contributed by atoms with Gasteiger partial charge in [0.25, 0.3) is 5.91 Å². The molecular formula is C22H20Cl2N4O2. The van der Waals surface area contributed by atoms with E-state index in [9.17, 15) is 9.59 Å². The number of aromatic nitrogens is 1. The topological polar surface area (TPSA) is 75.5 Å². The summed E-state index contributed by atoms with van der Waals surface area (Å²) in [5.74, 6) is -0.513. The number of rotatable bonds is 7. The summed E-state index contributed by atoms with van der Waals surface area (Å²) in [7, 11) is 0. The van der Waals surface area contributed by atoms with E-state index in [0.29, 0.717) is 33.4 Å². The molecular weight excluding hydrogens is 423 g/mol. The van der Waals surface area contributed by atoms with Gasteiger partial charge in [-0.2, -0.15) is 5.10 Å². The van der Waals surface area contributed by atoms with Crippen molar-refractivity contribution in [3.05, 3.63) is 82.6 Å².